The maximum Gasteiger partial charge on any atom is 0.165 e. The monoisotopic (exact) mass is 174 g/mol. The molecule has 74 valence electrons. The predicted octanol–water partition coefficient (Wildman–Crippen LogP) is 2.29. The Balaban J connectivity index is 4.05. The summed E-state index contributed by atoms with van der Waals surface area (Å²) in [7, 11) is 0. The van der Waals surface area contributed by atoms with E-state index in [9.17, 15) is 10.2 Å². The fraction of sp³-hybridized carbons (Fsp3) is 1.00. The van der Waals surface area contributed by atoms with Gasteiger partial charge in [0.25, 0.3) is 0 Å². The van der Waals surface area contributed by atoms with Crippen LogP contribution in [0.2, 0.25) is 0 Å². The molecule has 0 aliphatic heterocycles. The molecule has 0 heterocycles. The normalized spacial score (nSPS) is 14.8. The van der Waals surface area contributed by atoms with E-state index in [4.69, 9.17) is 0 Å². The standard InChI is InChI=1S/C10H22O2/c1-4-7-9(6-3)10(11,12)8-5-2/h9,11-12H,4-8H2,1-3H3. The smallest absolute Gasteiger partial charge is 0.165 e. The van der Waals surface area contributed by atoms with E-state index in [1.165, 1.54) is 0 Å². The molecule has 2 N–H and O–H groups in total. The van der Waals surface area contributed by atoms with Gasteiger partial charge in [0, 0.05) is 12.3 Å². The van der Waals surface area contributed by atoms with Crippen LogP contribution >= 0.6 is 0 Å². The third-order valence-corrected chi connectivity index (χ3v) is 2.40. The average Bonchev–Trinajstić information content (AvgIpc) is 1.99. The number of hydrogen-bond acceptors (Lipinski definition) is 2. The molecule has 1 atom stereocenters. The van der Waals surface area contributed by atoms with Crippen LogP contribution in [0, 0.1) is 5.92 Å². The second-order valence-corrected chi connectivity index (χ2v) is 3.52. The third kappa shape index (κ3) is 3.55. The molecular formula is C10H22O2. The summed E-state index contributed by atoms with van der Waals surface area (Å²) in [6.45, 7) is 6.06. The summed E-state index contributed by atoms with van der Waals surface area (Å²) >= 11 is 0. The van der Waals surface area contributed by atoms with Crippen LogP contribution in [-0.2, 0) is 0 Å². The van der Waals surface area contributed by atoms with Gasteiger partial charge in [0.05, 0.1) is 0 Å². The predicted molar refractivity (Wildman–Crippen MR) is 50.8 cm³/mol. The molecular weight excluding hydrogens is 152 g/mol. The molecule has 0 saturated heterocycles. The molecule has 1 unspecified atom stereocenters. The molecule has 0 spiro atoms. The second kappa shape index (κ2) is 5.55. The van der Waals surface area contributed by atoms with Gasteiger partial charge in [0.2, 0.25) is 0 Å². The van der Waals surface area contributed by atoms with Crippen molar-refractivity contribution in [2.75, 3.05) is 0 Å². The molecule has 12 heavy (non-hydrogen) atoms. The minimum atomic E-state index is -1.43. The molecule has 0 amide bonds. The Kier molecular flexibility index (Phi) is 5.51. The van der Waals surface area contributed by atoms with Crippen LogP contribution in [-0.4, -0.2) is 16.0 Å². The molecule has 0 saturated carbocycles. The summed E-state index contributed by atoms with van der Waals surface area (Å²) in [6.07, 6.45) is 4.09. The second-order valence-electron chi connectivity index (χ2n) is 3.52. The molecule has 2 heteroatoms. The van der Waals surface area contributed by atoms with Crippen molar-refractivity contribution in [1.29, 1.82) is 0 Å². The van der Waals surface area contributed by atoms with E-state index in [1.54, 1.807) is 0 Å². The van der Waals surface area contributed by atoms with E-state index in [0.717, 1.165) is 25.7 Å². The minimum Gasteiger partial charge on any atom is -0.365 e. The number of hydrogen-bond donors (Lipinski definition) is 2. The first-order valence-corrected chi connectivity index (χ1v) is 5.03. The lowest BCUT2D eigenvalue weighted by Crippen LogP contribution is -2.37. The molecule has 0 aromatic carbocycles. The minimum absolute atomic E-state index is 0.0439. The van der Waals surface area contributed by atoms with Crippen LogP contribution in [0.3, 0.4) is 0 Å². The van der Waals surface area contributed by atoms with Gasteiger partial charge in [-0.05, 0) is 12.8 Å². The fourth-order valence-electron chi connectivity index (χ4n) is 1.68. The Morgan fingerprint density at radius 1 is 1.08 bits per heavy atom. The van der Waals surface area contributed by atoms with E-state index >= 15 is 0 Å². The van der Waals surface area contributed by atoms with Crippen LogP contribution < -0.4 is 0 Å². The lowest BCUT2D eigenvalue weighted by Gasteiger charge is -2.30. The van der Waals surface area contributed by atoms with Gasteiger partial charge >= 0.3 is 0 Å². The first kappa shape index (κ1) is 11.9. The SMILES string of the molecule is CCCC(CC)C(O)(O)CCC. The van der Waals surface area contributed by atoms with Gasteiger partial charge < -0.3 is 10.2 Å². The van der Waals surface area contributed by atoms with E-state index in [-0.39, 0.29) is 5.92 Å². The van der Waals surface area contributed by atoms with Crippen molar-refractivity contribution in [3.05, 3.63) is 0 Å². The van der Waals surface area contributed by atoms with Crippen molar-refractivity contribution < 1.29 is 10.2 Å². The number of rotatable bonds is 6. The van der Waals surface area contributed by atoms with Crippen molar-refractivity contribution in [3.63, 3.8) is 0 Å². The highest BCUT2D eigenvalue weighted by molar-refractivity contribution is 4.73. The molecule has 0 aromatic rings. The lowest BCUT2D eigenvalue weighted by atomic mass is 9.88. The molecule has 2 nitrogen and oxygen atoms in total. The molecule has 0 bridgehead atoms. The lowest BCUT2D eigenvalue weighted by molar-refractivity contribution is -0.207. The average molecular weight is 174 g/mol. The van der Waals surface area contributed by atoms with Crippen LogP contribution in [0.4, 0.5) is 0 Å². The molecule has 0 aliphatic rings. The van der Waals surface area contributed by atoms with E-state index in [1.807, 2.05) is 13.8 Å². The van der Waals surface area contributed by atoms with Gasteiger partial charge in [0.15, 0.2) is 5.79 Å². The van der Waals surface area contributed by atoms with Crippen LogP contribution in [0.1, 0.15) is 52.9 Å². The van der Waals surface area contributed by atoms with E-state index < -0.39 is 5.79 Å². The van der Waals surface area contributed by atoms with Gasteiger partial charge in [0.1, 0.15) is 0 Å². The summed E-state index contributed by atoms with van der Waals surface area (Å²) in [6, 6.07) is 0. The van der Waals surface area contributed by atoms with Crippen molar-refractivity contribution >= 4 is 0 Å². The van der Waals surface area contributed by atoms with Crippen molar-refractivity contribution in [1.82, 2.24) is 0 Å². The van der Waals surface area contributed by atoms with Gasteiger partial charge in [-0.25, -0.2) is 0 Å². The molecule has 0 rings (SSSR count). The van der Waals surface area contributed by atoms with Gasteiger partial charge in [-0.3, -0.25) is 0 Å². The van der Waals surface area contributed by atoms with Crippen molar-refractivity contribution in [3.8, 4) is 0 Å². The summed E-state index contributed by atoms with van der Waals surface area (Å²) < 4.78 is 0. The largest absolute Gasteiger partial charge is 0.365 e. The first-order chi connectivity index (χ1) is 5.58. The first-order valence-electron chi connectivity index (χ1n) is 5.03. The molecule has 0 aromatic heterocycles. The Labute approximate surface area is 75.6 Å². The Hall–Kier alpha value is -0.0800. The Bertz CT molecular complexity index is 110. The molecule has 0 fully saturated rings. The highest BCUT2D eigenvalue weighted by Gasteiger charge is 2.30. The van der Waals surface area contributed by atoms with E-state index in [2.05, 4.69) is 6.92 Å². The summed E-state index contributed by atoms with van der Waals surface area (Å²) in [5, 5.41) is 19.3. The van der Waals surface area contributed by atoms with E-state index in [0.29, 0.717) is 6.42 Å². The number of aliphatic hydroxyl groups is 2. The maximum atomic E-state index is 9.66. The van der Waals surface area contributed by atoms with Gasteiger partial charge in [-0.15, -0.1) is 0 Å². The van der Waals surface area contributed by atoms with Crippen molar-refractivity contribution in [2.45, 2.75) is 58.7 Å². The van der Waals surface area contributed by atoms with Gasteiger partial charge in [-0.1, -0.05) is 33.6 Å². The zero-order valence-corrected chi connectivity index (χ0v) is 8.51. The van der Waals surface area contributed by atoms with Crippen LogP contribution in [0.15, 0.2) is 0 Å². The summed E-state index contributed by atoms with van der Waals surface area (Å²) in [5.41, 5.74) is 0. The van der Waals surface area contributed by atoms with Crippen LogP contribution in [0.5, 0.6) is 0 Å². The highest BCUT2D eigenvalue weighted by Crippen LogP contribution is 2.27. The molecule has 0 radical (unpaired) electrons. The Morgan fingerprint density at radius 3 is 2.00 bits per heavy atom. The zero-order valence-electron chi connectivity index (χ0n) is 8.51. The fourth-order valence-corrected chi connectivity index (χ4v) is 1.68. The zero-order chi connectivity index (χ0) is 9.61. The topological polar surface area (TPSA) is 40.5 Å². The van der Waals surface area contributed by atoms with Crippen LogP contribution in [0.25, 0.3) is 0 Å². The summed E-state index contributed by atoms with van der Waals surface area (Å²) in [4.78, 5) is 0. The quantitative estimate of drug-likeness (QED) is 0.606. The Morgan fingerprint density at radius 2 is 1.67 bits per heavy atom. The van der Waals surface area contributed by atoms with Gasteiger partial charge in [-0.2, -0.15) is 0 Å². The maximum absolute atomic E-state index is 9.66. The third-order valence-electron chi connectivity index (χ3n) is 2.40. The van der Waals surface area contributed by atoms with Crippen molar-refractivity contribution in [2.24, 2.45) is 5.92 Å². The highest BCUT2D eigenvalue weighted by atomic mass is 16.5. The summed E-state index contributed by atoms with van der Waals surface area (Å²) in [5.74, 6) is -1.39. The molecule has 0 aliphatic carbocycles.